The zero-order chi connectivity index (χ0) is 18.1. The number of carbonyl (C=O) groups excluding carboxylic acids is 2. The summed E-state index contributed by atoms with van der Waals surface area (Å²) in [7, 11) is 1.96. The molecule has 6 nitrogen and oxygen atoms in total. The maximum atomic E-state index is 13.1. The van der Waals surface area contributed by atoms with Gasteiger partial charge in [0.05, 0.1) is 5.56 Å². The molecule has 0 unspecified atom stereocenters. The highest BCUT2D eigenvalue weighted by atomic mass is 16.2. The Hall–Kier alpha value is -3.02. The second-order valence-electron chi connectivity index (χ2n) is 6.69. The van der Waals surface area contributed by atoms with Crippen LogP contribution in [0.25, 0.3) is 10.9 Å². The van der Waals surface area contributed by atoms with Gasteiger partial charge in [0.1, 0.15) is 5.69 Å². The lowest BCUT2D eigenvalue weighted by atomic mass is 10.1. The maximum absolute atomic E-state index is 13.1. The molecular formula is C20H22N4O2. The summed E-state index contributed by atoms with van der Waals surface area (Å²) in [5, 5.41) is 0.976. The van der Waals surface area contributed by atoms with Gasteiger partial charge >= 0.3 is 0 Å². The minimum Gasteiger partial charge on any atom is -0.357 e. The van der Waals surface area contributed by atoms with Crippen molar-refractivity contribution in [1.29, 1.82) is 0 Å². The standard InChI is InChI=1S/C20H22N4O2/c1-22-14-16(15-6-2-3-8-18(15)22)19(25)23-10-5-11-24(13-12-23)20(26)17-7-4-9-21-17/h2-4,6-9,14,21H,5,10-13H2,1H3. The summed E-state index contributed by atoms with van der Waals surface area (Å²) in [5.74, 6) is 0.0328. The third-order valence-corrected chi connectivity index (χ3v) is 5.03. The molecule has 3 aromatic rings. The monoisotopic (exact) mass is 350 g/mol. The molecule has 2 aromatic heterocycles. The molecule has 0 radical (unpaired) electrons. The minimum absolute atomic E-state index is 0.00513. The van der Waals surface area contributed by atoms with Gasteiger partial charge in [0, 0.05) is 56.5 Å². The first-order valence-corrected chi connectivity index (χ1v) is 8.91. The van der Waals surface area contributed by atoms with Gasteiger partial charge in [-0.3, -0.25) is 9.59 Å². The van der Waals surface area contributed by atoms with Crippen LogP contribution in [0.4, 0.5) is 0 Å². The van der Waals surface area contributed by atoms with Crippen molar-refractivity contribution in [1.82, 2.24) is 19.4 Å². The molecule has 1 aromatic carbocycles. The van der Waals surface area contributed by atoms with Crippen LogP contribution in [-0.2, 0) is 7.05 Å². The molecule has 1 aliphatic heterocycles. The van der Waals surface area contributed by atoms with E-state index in [2.05, 4.69) is 4.98 Å². The molecule has 1 fully saturated rings. The lowest BCUT2D eigenvalue weighted by molar-refractivity contribution is 0.0717. The first kappa shape index (κ1) is 16.4. The number of carbonyl (C=O) groups is 2. The summed E-state index contributed by atoms with van der Waals surface area (Å²) in [6, 6.07) is 11.5. The Labute approximate surface area is 152 Å². The van der Waals surface area contributed by atoms with Crippen molar-refractivity contribution in [2.24, 2.45) is 7.05 Å². The smallest absolute Gasteiger partial charge is 0.270 e. The van der Waals surface area contributed by atoms with Crippen molar-refractivity contribution < 1.29 is 9.59 Å². The molecule has 0 aliphatic carbocycles. The first-order valence-electron chi connectivity index (χ1n) is 8.91. The van der Waals surface area contributed by atoms with Crippen LogP contribution in [0.5, 0.6) is 0 Å². The normalized spacial score (nSPS) is 15.3. The first-order chi connectivity index (χ1) is 12.6. The zero-order valence-corrected chi connectivity index (χ0v) is 14.8. The number of hydrogen-bond donors (Lipinski definition) is 1. The van der Waals surface area contributed by atoms with Gasteiger partial charge in [-0.1, -0.05) is 18.2 Å². The van der Waals surface area contributed by atoms with Crippen molar-refractivity contribution in [3.05, 3.63) is 60.0 Å². The van der Waals surface area contributed by atoms with Gasteiger partial charge < -0.3 is 19.4 Å². The Morgan fingerprint density at radius 2 is 1.65 bits per heavy atom. The highest BCUT2D eigenvalue weighted by molar-refractivity contribution is 6.07. The van der Waals surface area contributed by atoms with E-state index in [1.54, 1.807) is 12.3 Å². The maximum Gasteiger partial charge on any atom is 0.270 e. The van der Waals surface area contributed by atoms with Gasteiger partial charge in [-0.25, -0.2) is 0 Å². The molecule has 0 saturated carbocycles. The van der Waals surface area contributed by atoms with Crippen molar-refractivity contribution in [2.45, 2.75) is 6.42 Å². The molecule has 1 N–H and O–H groups in total. The summed E-state index contributed by atoms with van der Waals surface area (Å²) >= 11 is 0. The number of hydrogen-bond acceptors (Lipinski definition) is 2. The Balaban J connectivity index is 1.52. The van der Waals surface area contributed by atoms with E-state index in [0.29, 0.717) is 31.9 Å². The third-order valence-electron chi connectivity index (χ3n) is 5.03. The van der Waals surface area contributed by atoms with Gasteiger partial charge in [0.25, 0.3) is 11.8 Å². The van der Waals surface area contributed by atoms with Gasteiger partial charge in [0.2, 0.25) is 0 Å². The van der Waals surface area contributed by atoms with E-state index in [0.717, 1.165) is 22.9 Å². The van der Waals surface area contributed by atoms with Crippen LogP contribution in [-0.4, -0.2) is 57.3 Å². The number of aryl methyl sites for hydroxylation is 1. The Bertz CT molecular complexity index is 942. The molecule has 1 saturated heterocycles. The fraction of sp³-hybridized carbons (Fsp3) is 0.300. The number of nitrogens with one attached hydrogen (secondary N) is 1. The number of para-hydroxylation sites is 1. The second kappa shape index (κ2) is 6.71. The quantitative estimate of drug-likeness (QED) is 0.772. The van der Waals surface area contributed by atoms with E-state index in [4.69, 9.17) is 0 Å². The van der Waals surface area contributed by atoms with Crippen LogP contribution in [0.3, 0.4) is 0 Å². The molecule has 6 heteroatoms. The molecule has 4 rings (SSSR count). The van der Waals surface area contributed by atoms with Gasteiger partial charge in [-0.05, 0) is 24.6 Å². The Morgan fingerprint density at radius 3 is 2.38 bits per heavy atom. The van der Waals surface area contributed by atoms with Crippen LogP contribution in [0.15, 0.2) is 48.8 Å². The molecule has 1 aliphatic rings. The summed E-state index contributed by atoms with van der Waals surface area (Å²) in [6.07, 6.45) is 4.43. The predicted molar refractivity (Wildman–Crippen MR) is 100 cm³/mol. The largest absolute Gasteiger partial charge is 0.357 e. The van der Waals surface area contributed by atoms with Crippen LogP contribution >= 0.6 is 0 Å². The van der Waals surface area contributed by atoms with Gasteiger partial charge in [-0.2, -0.15) is 0 Å². The fourth-order valence-corrected chi connectivity index (χ4v) is 3.64. The highest BCUT2D eigenvalue weighted by Gasteiger charge is 2.25. The molecular weight excluding hydrogens is 328 g/mol. The molecule has 26 heavy (non-hydrogen) atoms. The molecule has 3 heterocycles. The molecule has 0 atom stereocenters. The second-order valence-corrected chi connectivity index (χ2v) is 6.69. The molecule has 2 amide bonds. The Kier molecular flexibility index (Phi) is 4.24. The summed E-state index contributed by atoms with van der Waals surface area (Å²) in [4.78, 5) is 32.3. The van der Waals surface area contributed by atoms with E-state index in [-0.39, 0.29) is 11.8 Å². The summed E-state index contributed by atoms with van der Waals surface area (Å²) in [6.45, 7) is 2.43. The lowest BCUT2D eigenvalue weighted by Crippen LogP contribution is -2.37. The van der Waals surface area contributed by atoms with E-state index in [1.165, 1.54) is 0 Å². The van der Waals surface area contributed by atoms with Crippen molar-refractivity contribution >= 4 is 22.7 Å². The van der Waals surface area contributed by atoms with E-state index < -0.39 is 0 Å². The number of aromatic nitrogens is 2. The SMILES string of the molecule is Cn1cc(C(=O)N2CCCN(C(=O)c3ccc[nH]3)CC2)c2ccccc21. The lowest BCUT2D eigenvalue weighted by Gasteiger charge is -2.21. The van der Waals surface area contributed by atoms with Crippen molar-refractivity contribution in [3.63, 3.8) is 0 Å². The number of aromatic amines is 1. The minimum atomic E-state index is -0.00513. The van der Waals surface area contributed by atoms with E-state index >= 15 is 0 Å². The molecule has 0 bridgehead atoms. The molecule has 0 spiro atoms. The highest BCUT2D eigenvalue weighted by Crippen LogP contribution is 2.22. The topological polar surface area (TPSA) is 61.3 Å². The summed E-state index contributed by atoms with van der Waals surface area (Å²) < 4.78 is 1.99. The fourth-order valence-electron chi connectivity index (χ4n) is 3.64. The third kappa shape index (κ3) is 2.87. The van der Waals surface area contributed by atoms with Crippen molar-refractivity contribution in [2.75, 3.05) is 26.2 Å². The van der Waals surface area contributed by atoms with Crippen LogP contribution in [0.1, 0.15) is 27.3 Å². The number of amides is 2. The van der Waals surface area contributed by atoms with E-state index in [9.17, 15) is 9.59 Å². The number of H-pyrrole nitrogens is 1. The Morgan fingerprint density at radius 1 is 0.923 bits per heavy atom. The van der Waals surface area contributed by atoms with Gasteiger partial charge in [0.15, 0.2) is 0 Å². The van der Waals surface area contributed by atoms with Crippen molar-refractivity contribution in [3.8, 4) is 0 Å². The number of nitrogens with zero attached hydrogens (tertiary/aromatic N) is 3. The number of benzene rings is 1. The number of rotatable bonds is 2. The average molecular weight is 350 g/mol. The van der Waals surface area contributed by atoms with Crippen LogP contribution in [0, 0.1) is 0 Å². The van der Waals surface area contributed by atoms with E-state index in [1.807, 2.05) is 57.9 Å². The van der Waals surface area contributed by atoms with Crippen LogP contribution in [0.2, 0.25) is 0 Å². The average Bonchev–Trinajstić information content (AvgIpc) is 3.23. The summed E-state index contributed by atoms with van der Waals surface area (Å²) in [5.41, 5.74) is 2.38. The van der Waals surface area contributed by atoms with Gasteiger partial charge in [-0.15, -0.1) is 0 Å². The molecule has 134 valence electrons. The predicted octanol–water partition coefficient (Wildman–Crippen LogP) is 2.49. The number of fused-ring (bicyclic) bond motifs is 1. The zero-order valence-electron chi connectivity index (χ0n) is 14.8. The van der Waals surface area contributed by atoms with Crippen LogP contribution < -0.4 is 0 Å².